The maximum Gasteiger partial charge on any atom is 0.414 e. The second kappa shape index (κ2) is 32.2. The molecule has 0 aliphatic carbocycles. The number of unbranched alkanes of at least 4 members (excludes halogenated alkanes) is 3. The average Bonchev–Trinajstić information content (AvgIpc) is 2.90. The maximum absolute atomic E-state index is 14.8. The van der Waals surface area contributed by atoms with Gasteiger partial charge < -0.3 is 53.2 Å². The van der Waals surface area contributed by atoms with Gasteiger partial charge in [-0.1, -0.05) is 40.0 Å². The summed E-state index contributed by atoms with van der Waals surface area (Å²) in [6, 6.07) is 13.9. The van der Waals surface area contributed by atoms with E-state index in [4.69, 9.17) is 38.5 Å². The summed E-state index contributed by atoms with van der Waals surface area (Å²) < 4.78 is 75.3. The number of hydrogen-bond donors (Lipinski definition) is 3. The molecular formula is C57H78F3N9O15. The Hall–Kier alpha value is -7.17. The van der Waals surface area contributed by atoms with Crippen molar-refractivity contribution in [1.29, 1.82) is 0 Å². The fourth-order valence-corrected chi connectivity index (χ4v) is 9.84. The van der Waals surface area contributed by atoms with E-state index < -0.39 is 60.1 Å². The Bertz CT molecular complexity index is 2680. The van der Waals surface area contributed by atoms with Gasteiger partial charge in [0.1, 0.15) is 35.8 Å². The Morgan fingerprint density at radius 1 is 0.548 bits per heavy atom. The fourth-order valence-electron chi connectivity index (χ4n) is 9.84. The maximum atomic E-state index is 14.8. The predicted octanol–water partition coefficient (Wildman–Crippen LogP) is 7.02. The van der Waals surface area contributed by atoms with Crippen LogP contribution in [0, 0.1) is 17.5 Å². The van der Waals surface area contributed by atoms with Gasteiger partial charge >= 0.3 is 24.2 Å². The number of rotatable bonds is 21. The summed E-state index contributed by atoms with van der Waals surface area (Å²) in [6.45, 7) is 13.4. The molecule has 27 heteroatoms. The molecule has 0 spiro atoms. The first kappa shape index (κ1) is 64.4. The minimum Gasteiger partial charge on any atom is -0.442 e. The second-order valence-electron chi connectivity index (χ2n) is 20.6. The van der Waals surface area contributed by atoms with Crippen LogP contribution in [0.1, 0.15) is 78.6 Å². The highest BCUT2D eigenvalue weighted by Gasteiger charge is 2.38. The van der Waals surface area contributed by atoms with E-state index in [1.165, 1.54) is 32.9 Å². The molecule has 5 amide bonds. The Kier molecular flexibility index (Phi) is 24.7. The lowest BCUT2D eigenvalue weighted by Crippen LogP contribution is -2.40. The number of carbonyl (C=O) groups excluding carboxylic acids is 6. The molecule has 6 aliphatic heterocycles. The molecule has 0 aromatic heterocycles. The number of hydrogen-bond acceptors (Lipinski definition) is 19. The quantitative estimate of drug-likeness (QED) is 0.0551. The molecule has 24 nitrogen and oxygen atoms in total. The van der Waals surface area contributed by atoms with Crippen molar-refractivity contribution in [2.45, 2.75) is 96.9 Å². The fraction of sp³-hybridized carbons (Fsp3) is 0.579. The number of carbonyl (C=O) groups is 6. The molecule has 0 saturated carbocycles. The summed E-state index contributed by atoms with van der Waals surface area (Å²) in [6.07, 6.45) is 1.53. The third-order valence-electron chi connectivity index (χ3n) is 14.5. The molecule has 6 fully saturated rings. The van der Waals surface area contributed by atoms with Crippen LogP contribution < -0.4 is 34.9 Å². The van der Waals surface area contributed by atoms with E-state index >= 15 is 0 Å². The number of morpholine rings is 3. The summed E-state index contributed by atoms with van der Waals surface area (Å²) in [5.41, 5.74) is 4.60. The predicted molar refractivity (Wildman–Crippen MR) is 301 cm³/mol. The molecule has 3 N–H and O–H groups in total. The van der Waals surface area contributed by atoms with Crippen molar-refractivity contribution in [2.24, 2.45) is 0 Å². The Morgan fingerprint density at radius 2 is 0.905 bits per heavy atom. The van der Waals surface area contributed by atoms with E-state index in [1.807, 2.05) is 41.0 Å². The Morgan fingerprint density at radius 3 is 1.29 bits per heavy atom. The van der Waals surface area contributed by atoms with E-state index in [0.29, 0.717) is 137 Å². The van der Waals surface area contributed by atoms with Gasteiger partial charge in [0, 0.05) is 58.5 Å². The van der Waals surface area contributed by atoms with Gasteiger partial charge in [0.05, 0.1) is 113 Å². The van der Waals surface area contributed by atoms with Crippen LogP contribution in [0.5, 0.6) is 0 Å². The normalized spacial score (nSPS) is 19.7. The van der Waals surface area contributed by atoms with Crippen LogP contribution in [0.4, 0.5) is 61.7 Å². The lowest BCUT2D eigenvalue weighted by molar-refractivity contribution is -0.202. The van der Waals surface area contributed by atoms with Gasteiger partial charge in [-0.05, 0) is 73.9 Å². The van der Waals surface area contributed by atoms with Gasteiger partial charge in [-0.3, -0.25) is 29.5 Å². The van der Waals surface area contributed by atoms with Crippen LogP contribution in [0.3, 0.4) is 0 Å². The molecule has 3 aromatic carbocycles. The largest absolute Gasteiger partial charge is 0.442 e. The summed E-state index contributed by atoms with van der Waals surface area (Å²) in [5.74, 6) is -2.46. The molecule has 6 heterocycles. The third-order valence-corrected chi connectivity index (χ3v) is 14.5. The van der Waals surface area contributed by atoms with E-state index in [1.54, 1.807) is 36.4 Å². The summed E-state index contributed by atoms with van der Waals surface area (Å²) in [7, 11) is 0. The number of nitrogens with zero attached hydrogens (tertiary/aromatic N) is 8. The molecule has 0 bridgehead atoms. The van der Waals surface area contributed by atoms with Gasteiger partial charge in [-0.25, -0.2) is 42.9 Å². The highest BCUT2D eigenvalue weighted by molar-refractivity contribution is 5.92. The summed E-state index contributed by atoms with van der Waals surface area (Å²) in [5, 5.41) is 20.1. The number of cyclic esters (lactones) is 3. The van der Waals surface area contributed by atoms with Crippen LogP contribution in [0.2, 0.25) is 0 Å². The van der Waals surface area contributed by atoms with Crippen molar-refractivity contribution >= 4 is 70.2 Å². The first-order chi connectivity index (χ1) is 40.6. The van der Waals surface area contributed by atoms with Gasteiger partial charge in [0.15, 0.2) is 0 Å². The van der Waals surface area contributed by atoms with Crippen molar-refractivity contribution in [3.05, 3.63) is 72.0 Å². The highest BCUT2D eigenvalue weighted by atomic mass is 19.1. The number of anilines is 6. The van der Waals surface area contributed by atoms with Gasteiger partial charge in [0.25, 0.3) is 5.91 Å². The minimum absolute atomic E-state index is 0.0724. The number of hydroxylamine groups is 5. The molecule has 84 heavy (non-hydrogen) atoms. The molecule has 462 valence electrons. The monoisotopic (exact) mass is 1190 g/mol. The van der Waals surface area contributed by atoms with Crippen LogP contribution in [-0.4, -0.2) is 193 Å². The molecule has 6 aliphatic rings. The molecule has 0 unspecified atom stereocenters. The van der Waals surface area contributed by atoms with Crippen LogP contribution in [0.25, 0.3) is 0 Å². The minimum atomic E-state index is -0.709. The third kappa shape index (κ3) is 17.9. The zero-order chi connectivity index (χ0) is 60.1. The average molecular weight is 1190 g/mol. The SMILES string of the molecule is CCCCC(=O)N(O)C[C@H]1CN(c2ccc(N3CCOCC3)c(F)c2)C(=O)O1.CCCCC(=O)ON(C[C@H]1CN(c2ccc(N3CCOCC3)c(F)c2)C(=O)O1)C(=O)CCCC.O=C1O[C@@H](CNO)CN1c1ccc(N2CCOCC2)c(F)c1. The van der Waals surface area contributed by atoms with Crippen molar-refractivity contribution in [2.75, 3.05) is 148 Å². The van der Waals surface area contributed by atoms with E-state index in [0.717, 1.165) is 24.3 Å². The number of amides is 5. The lowest BCUT2D eigenvalue weighted by Gasteiger charge is -2.29. The van der Waals surface area contributed by atoms with Gasteiger partial charge in [0.2, 0.25) is 5.91 Å². The zero-order valence-corrected chi connectivity index (χ0v) is 47.9. The van der Waals surface area contributed by atoms with Crippen molar-refractivity contribution in [3.63, 3.8) is 0 Å². The molecule has 3 aromatic rings. The highest BCUT2D eigenvalue weighted by Crippen LogP contribution is 2.32. The van der Waals surface area contributed by atoms with Gasteiger partial charge in [-0.15, -0.1) is 0 Å². The topological polar surface area (TPSA) is 245 Å². The summed E-state index contributed by atoms with van der Waals surface area (Å²) >= 11 is 0. The van der Waals surface area contributed by atoms with Crippen LogP contribution in [0.15, 0.2) is 54.6 Å². The summed E-state index contributed by atoms with van der Waals surface area (Å²) in [4.78, 5) is 88.1. The number of halogens is 3. The van der Waals surface area contributed by atoms with Crippen molar-refractivity contribution < 1.29 is 85.6 Å². The van der Waals surface area contributed by atoms with E-state index in [-0.39, 0.29) is 70.3 Å². The molecule has 9 rings (SSSR count). The first-order valence-electron chi connectivity index (χ1n) is 28.8. The van der Waals surface area contributed by atoms with E-state index in [9.17, 15) is 47.1 Å². The molecular weight excluding hydrogens is 1110 g/mol. The standard InChI is InChI=1S/C24H34FN3O6.C19H26FN3O5.C14H18FN3O4/c1-3-5-7-22(29)28(34-23(30)8-6-4-2)17-19-16-27(24(31)33-19)18-9-10-21(20(25)15-18)26-11-13-32-14-12-26;1-2-3-4-18(24)23(26)13-15-12-22(19(25)28-15)14-5-6-17(16(20)11-14)21-7-9-27-10-8-21;15-12-7-10(18-9-11(8-16-20)22-14(18)19)1-2-13(12)17-3-5-21-6-4-17/h9-10,15,19H,3-8,11-14,16-17H2,1-2H3;5-6,11,15,26H,2-4,7-10,12-13H2,1H3;1-2,7,11,16,20H,3-6,8-9H2/t19-;15-;11-/m110/s1. The number of ether oxygens (including phenoxy) is 6. The number of benzene rings is 3. The Labute approximate surface area is 486 Å². The van der Waals surface area contributed by atoms with Crippen molar-refractivity contribution in [1.82, 2.24) is 15.6 Å². The molecule has 6 saturated heterocycles. The number of nitrogens with one attached hydrogen (secondary N) is 1. The second-order valence-corrected chi connectivity index (χ2v) is 20.6. The first-order valence-corrected chi connectivity index (χ1v) is 28.8. The van der Waals surface area contributed by atoms with E-state index in [2.05, 4.69) is 0 Å². The van der Waals surface area contributed by atoms with Gasteiger partial charge in [-0.2, -0.15) is 5.06 Å². The molecule has 0 radical (unpaired) electrons. The van der Waals surface area contributed by atoms with Crippen LogP contribution in [-0.2, 0) is 47.6 Å². The van der Waals surface area contributed by atoms with Crippen molar-refractivity contribution in [3.8, 4) is 0 Å². The molecule has 3 atom stereocenters. The van der Waals surface area contributed by atoms with Crippen LogP contribution >= 0.6 is 0 Å². The Balaban J connectivity index is 0.000000185. The smallest absolute Gasteiger partial charge is 0.414 e. The zero-order valence-electron chi connectivity index (χ0n) is 47.9. The lowest BCUT2D eigenvalue weighted by atomic mass is 10.2.